The summed E-state index contributed by atoms with van der Waals surface area (Å²) in [5.41, 5.74) is 0.824. The maximum absolute atomic E-state index is 11.3. The van der Waals surface area contributed by atoms with Gasteiger partial charge in [-0.1, -0.05) is 48.0 Å². The maximum Gasteiger partial charge on any atom is 0.311 e. The zero-order chi connectivity index (χ0) is 13.7. The Morgan fingerprint density at radius 1 is 1.16 bits per heavy atom. The lowest BCUT2D eigenvalue weighted by Crippen LogP contribution is -2.13. The van der Waals surface area contributed by atoms with Gasteiger partial charge in [-0.25, -0.2) is 0 Å². The largest absolute Gasteiger partial charge is 0.481 e. The highest BCUT2D eigenvalue weighted by molar-refractivity contribution is 7.99. The van der Waals surface area contributed by atoms with Crippen LogP contribution in [0.5, 0.6) is 0 Å². The third kappa shape index (κ3) is 4.01. The van der Waals surface area contributed by atoms with Gasteiger partial charge in [-0.15, -0.1) is 11.8 Å². The van der Waals surface area contributed by atoms with Crippen molar-refractivity contribution < 1.29 is 9.90 Å². The molecule has 0 spiro atoms. The van der Waals surface area contributed by atoms with Crippen LogP contribution in [0.15, 0.2) is 59.5 Å². The highest BCUT2D eigenvalue weighted by atomic mass is 35.5. The summed E-state index contributed by atoms with van der Waals surface area (Å²) in [5, 5.41) is 9.98. The fourth-order valence-corrected chi connectivity index (χ4v) is 3.07. The lowest BCUT2D eigenvalue weighted by atomic mass is 10.0. The van der Waals surface area contributed by atoms with Gasteiger partial charge in [-0.2, -0.15) is 0 Å². The van der Waals surface area contributed by atoms with E-state index in [1.165, 1.54) is 11.8 Å². The molecule has 0 heterocycles. The predicted octanol–water partition coefficient (Wildman–Crippen LogP) is 4.30. The molecule has 0 saturated carbocycles. The van der Waals surface area contributed by atoms with E-state index in [1.807, 2.05) is 48.5 Å². The van der Waals surface area contributed by atoms with E-state index in [-0.39, 0.29) is 0 Å². The summed E-state index contributed by atoms with van der Waals surface area (Å²) in [6, 6.07) is 16.7. The summed E-state index contributed by atoms with van der Waals surface area (Å²) >= 11 is 7.41. The van der Waals surface area contributed by atoms with E-state index in [0.29, 0.717) is 10.8 Å². The molecule has 1 N–H and O–H groups in total. The quantitative estimate of drug-likeness (QED) is 0.835. The minimum Gasteiger partial charge on any atom is -0.481 e. The van der Waals surface area contributed by atoms with Crippen LogP contribution in [0, 0.1) is 0 Å². The SMILES string of the molecule is O=C(O)C(CSc1cccc(Cl)c1)c1ccccc1. The molecule has 1 atom stereocenters. The van der Waals surface area contributed by atoms with Gasteiger partial charge in [0.1, 0.15) is 0 Å². The van der Waals surface area contributed by atoms with Crippen LogP contribution in [0.3, 0.4) is 0 Å². The Bertz CT molecular complexity index is 557. The molecule has 98 valence electrons. The molecule has 2 aromatic rings. The van der Waals surface area contributed by atoms with Crippen LogP contribution in [0.25, 0.3) is 0 Å². The summed E-state index contributed by atoms with van der Waals surface area (Å²) < 4.78 is 0. The van der Waals surface area contributed by atoms with E-state index in [2.05, 4.69) is 0 Å². The highest BCUT2D eigenvalue weighted by Gasteiger charge is 2.19. The first-order valence-electron chi connectivity index (χ1n) is 5.83. The molecule has 2 rings (SSSR count). The summed E-state index contributed by atoms with van der Waals surface area (Å²) in [6.07, 6.45) is 0. The number of hydrogen-bond acceptors (Lipinski definition) is 2. The zero-order valence-corrected chi connectivity index (χ0v) is 11.7. The van der Waals surface area contributed by atoms with Gasteiger partial charge in [0.25, 0.3) is 0 Å². The number of carboxylic acid groups (broad SMARTS) is 1. The van der Waals surface area contributed by atoms with Gasteiger partial charge in [-0.3, -0.25) is 4.79 Å². The van der Waals surface area contributed by atoms with E-state index in [9.17, 15) is 9.90 Å². The number of hydrogen-bond donors (Lipinski definition) is 1. The molecule has 4 heteroatoms. The summed E-state index contributed by atoms with van der Waals surface area (Å²) in [4.78, 5) is 12.3. The normalized spacial score (nSPS) is 12.1. The van der Waals surface area contributed by atoms with Crippen molar-refractivity contribution >= 4 is 29.3 Å². The molecule has 0 saturated heterocycles. The number of carboxylic acids is 1. The average Bonchev–Trinajstić information content (AvgIpc) is 2.40. The number of rotatable bonds is 5. The first-order chi connectivity index (χ1) is 9.16. The Morgan fingerprint density at radius 2 is 1.89 bits per heavy atom. The third-order valence-electron chi connectivity index (χ3n) is 2.71. The van der Waals surface area contributed by atoms with Crippen LogP contribution >= 0.6 is 23.4 Å². The van der Waals surface area contributed by atoms with Crippen molar-refractivity contribution in [1.29, 1.82) is 0 Å². The van der Waals surface area contributed by atoms with Gasteiger partial charge >= 0.3 is 5.97 Å². The van der Waals surface area contributed by atoms with Gasteiger partial charge in [0.2, 0.25) is 0 Å². The predicted molar refractivity (Wildman–Crippen MR) is 79.0 cm³/mol. The molecule has 0 aliphatic carbocycles. The van der Waals surface area contributed by atoms with Crippen molar-refractivity contribution in [1.82, 2.24) is 0 Å². The molecular weight excluding hydrogens is 280 g/mol. The lowest BCUT2D eigenvalue weighted by molar-refractivity contribution is -0.138. The Labute approximate surface area is 121 Å². The van der Waals surface area contributed by atoms with Gasteiger partial charge < -0.3 is 5.11 Å². The number of aliphatic carboxylic acids is 1. The van der Waals surface area contributed by atoms with E-state index < -0.39 is 11.9 Å². The summed E-state index contributed by atoms with van der Waals surface area (Å²) in [5.74, 6) is -0.828. The lowest BCUT2D eigenvalue weighted by Gasteiger charge is -2.12. The van der Waals surface area contributed by atoms with Crippen molar-refractivity contribution in [3.63, 3.8) is 0 Å². The monoisotopic (exact) mass is 292 g/mol. The first-order valence-corrected chi connectivity index (χ1v) is 7.19. The zero-order valence-electron chi connectivity index (χ0n) is 10.1. The molecular formula is C15H13ClO2S. The Kier molecular flexibility index (Phi) is 4.88. The van der Waals surface area contributed by atoms with Crippen molar-refractivity contribution in [2.75, 3.05) is 5.75 Å². The molecule has 0 aliphatic rings. The minimum atomic E-state index is -0.805. The minimum absolute atomic E-state index is 0.486. The van der Waals surface area contributed by atoms with Crippen molar-refractivity contribution in [3.05, 3.63) is 65.2 Å². The molecule has 2 nitrogen and oxygen atoms in total. The summed E-state index contributed by atoms with van der Waals surface area (Å²) in [6.45, 7) is 0. The maximum atomic E-state index is 11.3. The van der Waals surface area contributed by atoms with Crippen LogP contribution in [0.4, 0.5) is 0 Å². The Morgan fingerprint density at radius 3 is 2.53 bits per heavy atom. The van der Waals surface area contributed by atoms with Crippen LogP contribution < -0.4 is 0 Å². The van der Waals surface area contributed by atoms with E-state index >= 15 is 0 Å². The number of halogens is 1. The van der Waals surface area contributed by atoms with Gasteiger partial charge in [-0.05, 0) is 23.8 Å². The second kappa shape index (κ2) is 6.64. The standard InChI is InChI=1S/C15H13ClO2S/c16-12-7-4-8-13(9-12)19-10-14(15(17)18)11-5-2-1-3-6-11/h1-9,14H,10H2,(H,17,18). The van der Waals surface area contributed by atoms with E-state index in [0.717, 1.165) is 10.5 Å². The highest BCUT2D eigenvalue weighted by Crippen LogP contribution is 2.28. The second-order valence-electron chi connectivity index (χ2n) is 4.07. The van der Waals surface area contributed by atoms with Crippen LogP contribution in [0.1, 0.15) is 11.5 Å². The number of carbonyl (C=O) groups is 1. The van der Waals surface area contributed by atoms with Crippen molar-refractivity contribution in [2.24, 2.45) is 0 Å². The Balaban J connectivity index is 2.08. The molecule has 1 unspecified atom stereocenters. The van der Waals surface area contributed by atoms with Crippen molar-refractivity contribution in [2.45, 2.75) is 10.8 Å². The third-order valence-corrected chi connectivity index (χ3v) is 4.04. The van der Waals surface area contributed by atoms with E-state index in [4.69, 9.17) is 11.6 Å². The van der Waals surface area contributed by atoms with Gasteiger partial charge in [0.15, 0.2) is 0 Å². The average molecular weight is 293 g/mol. The summed E-state index contributed by atoms with van der Waals surface area (Å²) in [7, 11) is 0. The number of thioether (sulfide) groups is 1. The van der Waals surface area contributed by atoms with Gasteiger partial charge in [0.05, 0.1) is 5.92 Å². The number of benzene rings is 2. The molecule has 0 fully saturated rings. The van der Waals surface area contributed by atoms with Gasteiger partial charge in [0, 0.05) is 15.7 Å². The fraction of sp³-hybridized carbons (Fsp3) is 0.133. The fourth-order valence-electron chi connectivity index (χ4n) is 1.73. The first kappa shape index (κ1) is 14.0. The second-order valence-corrected chi connectivity index (χ2v) is 5.60. The van der Waals surface area contributed by atoms with Crippen LogP contribution in [-0.4, -0.2) is 16.8 Å². The van der Waals surface area contributed by atoms with Crippen LogP contribution in [0.2, 0.25) is 5.02 Å². The Hall–Kier alpha value is -1.45. The molecule has 0 amide bonds. The molecule has 0 aromatic heterocycles. The molecule has 0 radical (unpaired) electrons. The molecule has 0 bridgehead atoms. The topological polar surface area (TPSA) is 37.3 Å². The molecule has 2 aromatic carbocycles. The van der Waals surface area contributed by atoms with Crippen molar-refractivity contribution in [3.8, 4) is 0 Å². The van der Waals surface area contributed by atoms with E-state index in [1.54, 1.807) is 6.07 Å². The smallest absolute Gasteiger partial charge is 0.311 e. The molecule has 0 aliphatic heterocycles. The molecule has 19 heavy (non-hydrogen) atoms. The van der Waals surface area contributed by atoms with Crippen LogP contribution in [-0.2, 0) is 4.79 Å².